The predicted octanol–water partition coefficient (Wildman–Crippen LogP) is 2.74. The van der Waals surface area contributed by atoms with Gasteiger partial charge in [-0.05, 0) is 43.9 Å². The lowest BCUT2D eigenvalue weighted by Crippen LogP contribution is -2.40. The number of hydrogen-bond donors (Lipinski definition) is 0. The van der Waals surface area contributed by atoms with Crippen molar-refractivity contribution in [1.29, 1.82) is 0 Å². The molecule has 0 spiro atoms. The largest absolute Gasteiger partial charge is 0.335 e. The summed E-state index contributed by atoms with van der Waals surface area (Å²) in [6.45, 7) is 4.40. The Kier molecular flexibility index (Phi) is 6.16. The lowest BCUT2D eigenvalue weighted by atomic mass is 10.0. The quantitative estimate of drug-likeness (QED) is 0.766. The number of nitrogens with zero attached hydrogens (tertiary/aromatic N) is 2. The van der Waals surface area contributed by atoms with Crippen molar-refractivity contribution in [3.63, 3.8) is 0 Å². The molecule has 5 nitrogen and oxygen atoms in total. The van der Waals surface area contributed by atoms with Crippen LogP contribution >= 0.6 is 0 Å². The fourth-order valence-corrected chi connectivity index (χ4v) is 5.21. The van der Waals surface area contributed by atoms with Gasteiger partial charge in [-0.25, -0.2) is 8.42 Å². The number of sulfone groups is 1. The molecule has 0 bridgehead atoms. The van der Waals surface area contributed by atoms with Gasteiger partial charge in [-0.3, -0.25) is 9.78 Å². The molecular weight excluding hydrogens is 312 g/mol. The van der Waals surface area contributed by atoms with E-state index in [2.05, 4.69) is 4.98 Å². The maximum atomic E-state index is 12.7. The molecule has 0 saturated heterocycles. The molecule has 1 fully saturated rings. The van der Waals surface area contributed by atoms with Crippen molar-refractivity contribution in [2.45, 2.75) is 57.2 Å². The van der Waals surface area contributed by atoms with Crippen molar-refractivity contribution >= 4 is 15.7 Å². The number of hydrogen-bond acceptors (Lipinski definition) is 4. The number of carbonyl (C=O) groups is 1. The third kappa shape index (κ3) is 4.31. The van der Waals surface area contributed by atoms with Gasteiger partial charge in [-0.15, -0.1) is 0 Å². The van der Waals surface area contributed by atoms with E-state index in [1.165, 1.54) is 0 Å². The minimum absolute atomic E-state index is 0.103. The summed E-state index contributed by atoms with van der Waals surface area (Å²) in [5.41, 5.74) is 0.996. The van der Waals surface area contributed by atoms with Crippen molar-refractivity contribution in [2.75, 3.05) is 12.3 Å². The summed E-state index contributed by atoms with van der Waals surface area (Å²) in [6, 6.07) is 3.67. The van der Waals surface area contributed by atoms with Gasteiger partial charge in [0, 0.05) is 18.9 Å². The Balaban J connectivity index is 2.14. The Morgan fingerprint density at radius 3 is 2.39 bits per heavy atom. The average Bonchev–Trinajstić information content (AvgIpc) is 3.08. The van der Waals surface area contributed by atoms with Gasteiger partial charge in [0.15, 0.2) is 9.84 Å². The van der Waals surface area contributed by atoms with E-state index in [0.717, 1.165) is 24.8 Å². The van der Waals surface area contributed by atoms with Crippen molar-refractivity contribution < 1.29 is 13.2 Å². The summed E-state index contributed by atoms with van der Waals surface area (Å²) in [7, 11) is -3.34. The third-order valence-electron chi connectivity index (χ3n) is 4.65. The van der Waals surface area contributed by atoms with Crippen LogP contribution in [-0.2, 0) is 14.6 Å². The summed E-state index contributed by atoms with van der Waals surface area (Å²) in [4.78, 5) is 18.3. The molecule has 1 aliphatic rings. The molecule has 0 aliphatic heterocycles. The molecule has 1 aliphatic carbocycles. The summed E-state index contributed by atoms with van der Waals surface area (Å²) in [6.07, 6.45) is 7.44. The first-order valence-corrected chi connectivity index (χ1v) is 10.1. The molecule has 0 radical (unpaired) electrons. The number of carbonyl (C=O) groups excluding carboxylic acids is 1. The molecule has 1 heterocycles. The van der Waals surface area contributed by atoms with Gasteiger partial charge in [0.2, 0.25) is 5.91 Å². The number of rotatable bonds is 7. The van der Waals surface area contributed by atoms with Gasteiger partial charge in [-0.2, -0.15) is 0 Å². The van der Waals surface area contributed by atoms with Crippen molar-refractivity contribution in [1.82, 2.24) is 9.88 Å². The summed E-state index contributed by atoms with van der Waals surface area (Å²) < 4.78 is 24.9. The lowest BCUT2D eigenvalue weighted by Gasteiger charge is -2.31. The van der Waals surface area contributed by atoms with Gasteiger partial charge < -0.3 is 4.90 Å². The lowest BCUT2D eigenvalue weighted by molar-refractivity contribution is -0.130. The van der Waals surface area contributed by atoms with Gasteiger partial charge in [0.05, 0.1) is 11.3 Å². The van der Waals surface area contributed by atoms with Crippen LogP contribution in [0, 0.1) is 0 Å². The number of amides is 1. The van der Waals surface area contributed by atoms with E-state index in [1.54, 1.807) is 17.3 Å². The predicted molar refractivity (Wildman–Crippen MR) is 90.7 cm³/mol. The topological polar surface area (TPSA) is 67.3 Å². The van der Waals surface area contributed by atoms with Gasteiger partial charge >= 0.3 is 0 Å². The monoisotopic (exact) mass is 338 g/mol. The number of aromatic nitrogens is 1. The highest BCUT2D eigenvalue weighted by molar-refractivity contribution is 7.92. The Labute approximate surface area is 139 Å². The van der Waals surface area contributed by atoms with Crippen LogP contribution in [0.5, 0.6) is 0 Å². The molecule has 23 heavy (non-hydrogen) atoms. The molecule has 1 amide bonds. The van der Waals surface area contributed by atoms with E-state index in [0.29, 0.717) is 19.4 Å². The SMILES string of the molecule is CC[C@H](c1ccncc1)N(CC)C(=O)CS(=O)(=O)C1CCCC1. The first-order valence-electron chi connectivity index (χ1n) is 8.40. The Hall–Kier alpha value is -1.43. The van der Waals surface area contributed by atoms with E-state index in [9.17, 15) is 13.2 Å². The summed E-state index contributed by atoms with van der Waals surface area (Å²) >= 11 is 0. The second-order valence-corrected chi connectivity index (χ2v) is 8.38. The molecule has 0 unspecified atom stereocenters. The fraction of sp³-hybridized carbons (Fsp3) is 0.647. The van der Waals surface area contributed by atoms with Gasteiger partial charge in [-0.1, -0.05) is 19.8 Å². The fourth-order valence-electron chi connectivity index (χ4n) is 3.41. The highest BCUT2D eigenvalue weighted by Crippen LogP contribution is 2.27. The van der Waals surface area contributed by atoms with Crippen molar-refractivity contribution in [2.24, 2.45) is 0 Å². The molecule has 6 heteroatoms. The van der Waals surface area contributed by atoms with E-state index < -0.39 is 9.84 Å². The minimum Gasteiger partial charge on any atom is -0.335 e. The minimum atomic E-state index is -3.34. The molecule has 0 N–H and O–H groups in total. The van der Waals surface area contributed by atoms with Crippen LogP contribution in [0.25, 0.3) is 0 Å². The van der Waals surface area contributed by atoms with Crippen molar-refractivity contribution in [3.05, 3.63) is 30.1 Å². The number of pyridine rings is 1. The molecule has 1 atom stereocenters. The van der Waals surface area contributed by atoms with E-state index in [4.69, 9.17) is 0 Å². The Morgan fingerprint density at radius 2 is 1.87 bits per heavy atom. The zero-order valence-corrected chi connectivity index (χ0v) is 14.8. The van der Waals surface area contributed by atoms with E-state index >= 15 is 0 Å². The van der Waals surface area contributed by atoms with Crippen LogP contribution in [0.15, 0.2) is 24.5 Å². The average molecular weight is 338 g/mol. The molecule has 1 saturated carbocycles. The molecule has 128 valence electrons. The van der Waals surface area contributed by atoms with Crippen LogP contribution in [0.2, 0.25) is 0 Å². The smallest absolute Gasteiger partial charge is 0.238 e. The zero-order valence-electron chi connectivity index (χ0n) is 13.9. The highest BCUT2D eigenvalue weighted by atomic mass is 32.2. The first kappa shape index (κ1) is 17.9. The molecule has 1 aromatic rings. The summed E-state index contributed by atoms with van der Waals surface area (Å²) in [5, 5.41) is -0.328. The molecular formula is C17H26N2O3S. The standard InChI is InChI=1S/C17H26N2O3S/c1-3-16(14-9-11-18-12-10-14)19(4-2)17(20)13-23(21,22)15-7-5-6-8-15/h9-12,15-16H,3-8,13H2,1-2H3/t16-/m1/s1. The van der Waals surface area contributed by atoms with Crippen LogP contribution in [-0.4, -0.2) is 41.8 Å². The normalized spacial score (nSPS) is 17.1. The maximum absolute atomic E-state index is 12.7. The van der Waals surface area contributed by atoms with E-state index in [-0.39, 0.29) is 23.0 Å². The van der Waals surface area contributed by atoms with Gasteiger partial charge in [0.1, 0.15) is 5.75 Å². The third-order valence-corrected chi connectivity index (χ3v) is 6.79. The van der Waals surface area contributed by atoms with Crippen LogP contribution < -0.4 is 0 Å². The molecule has 1 aromatic heterocycles. The maximum Gasteiger partial charge on any atom is 0.238 e. The molecule has 0 aromatic carbocycles. The van der Waals surface area contributed by atoms with Crippen LogP contribution in [0.1, 0.15) is 57.6 Å². The Bertz CT molecular complexity index is 610. The van der Waals surface area contributed by atoms with Crippen LogP contribution in [0.3, 0.4) is 0 Å². The van der Waals surface area contributed by atoms with Crippen molar-refractivity contribution in [3.8, 4) is 0 Å². The Morgan fingerprint density at radius 1 is 1.26 bits per heavy atom. The van der Waals surface area contributed by atoms with E-state index in [1.807, 2.05) is 26.0 Å². The summed E-state index contributed by atoms with van der Waals surface area (Å²) in [5.74, 6) is -0.657. The first-order chi connectivity index (χ1) is 11.0. The highest BCUT2D eigenvalue weighted by Gasteiger charge is 2.33. The molecule has 2 rings (SSSR count). The van der Waals surface area contributed by atoms with Gasteiger partial charge in [0.25, 0.3) is 0 Å². The zero-order chi connectivity index (χ0) is 16.9. The van der Waals surface area contributed by atoms with Crippen LogP contribution in [0.4, 0.5) is 0 Å². The second kappa shape index (κ2) is 7.90. The second-order valence-electron chi connectivity index (χ2n) is 6.10.